The highest BCUT2D eigenvalue weighted by molar-refractivity contribution is 7.47. The molecular formula is C72H140O17P2. The Morgan fingerprint density at radius 2 is 0.527 bits per heavy atom. The number of aliphatic hydroxyl groups is 1. The van der Waals surface area contributed by atoms with Crippen molar-refractivity contribution in [3.8, 4) is 0 Å². The van der Waals surface area contributed by atoms with E-state index in [2.05, 4.69) is 55.4 Å². The maximum absolute atomic E-state index is 13.0. The standard InChI is InChI=1S/C72H140O17P2/c1-9-64(7)50-42-34-26-18-15-16-20-30-39-47-55-72(77)88-67(58-82-69(74)52-44-36-28-22-21-27-35-43-51-65(8)10-2)60-86-90(78,79)84-56-66(73)57-85-91(80,81)87-61-68(59-83-70(75)53-45-37-31-23-25-33-41-49-63(5)6)89-71(76)54-46-38-29-19-14-12-11-13-17-24-32-40-48-62(3)4/h62-68,73H,9-61H2,1-8H3,(H,78,79)(H,80,81)/t64?,65?,66?,67-,68-/m1/s1. The molecule has 0 aromatic heterocycles. The molecule has 0 aliphatic carbocycles. The zero-order valence-electron chi connectivity index (χ0n) is 59.5. The van der Waals surface area contributed by atoms with E-state index in [4.69, 9.17) is 37.0 Å². The molecule has 0 saturated carbocycles. The zero-order valence-corrected chi connectivity index (χ0v) is 61.3. The predicted octanol–water partition coefficient (Wildman–Crippen LogP) is 20.5. The lowest BCUT2D eigenvalue weighted by molar-refractivity contribution is -0.161. The predicted molar refractivity (Wildman–Crippen MR) is 367 cm³/mol. The van der Waals surface area contributed by atoms with Crippen LogP contribution in [-0.2, 0) is 65.4 Å². The topological polar surface area (TPSA) is 237 Å². The third kappa shape index (κ3) is 63.9. The second-order valence-electron chi connectivity index (χ2n) is 27.4. The van der Waals surface area contributed by atoms with Crippen molar-refractivity contribution >= 4 is 39.5 Å². The average Bonchev–Trinajstić information content (AvgIpc) is 3.73. The summed E-state index contributed by atoms with van der Waals surface area (Å²) in [5, 5.41) is 10.6. The number of hydrogen-bond acceptors (Lipinski definition) is 15. The molecule has 5 unspecified atom stereocenters. The fraction of sp³-hybridized carbons (Fsp3) is 0.944. The van der Waals surface area contributed by atoms with Gasteiger partial charge in [0.05, 0.1) is 26.4 Å². The van der Waals surface area contributed by atoms with E-state index in [1.807, 2.05) is 0 Å². The Kier molecular flexibility index (Phi) is 60.3. The number of hydrogen-bond donors (Lipinski definition) is 3. The second kappa shape index (κ2) is 61.6. The largest absolute Gasteiger partial charge is 0.472 e. The maximum Gasteiger partial charge on any atom is 0.472 e. The van der Waals surface area contributed by atoms with Crippen molar-refractivity contribution < 1.29 is 80.2 Å². The van der Waals surface area contributed by atoms with Crippen LogP contribution < -0.4 is 0 Å². The quantitative estimate of drug-likeness (QED) is 0.0222. The molecule has 0 aliphatic heterocycles. The van der Waals surface area contributed by atoms with E-state index in [-0.39, 0.29) is 25.7 Å². The highest BCUT2D eigenvalue weighted by Crippen LogP contribution is 2.45. The molecule has 0 aliphatic rings. The minimum atomic E-state index is -4.95. The lowest BCUT2D eigenvalue weighted by Gasteiger charge is -2.21. The van der Waals surface area contributed by atoms with E-state index in [9.17, 15) is 43.2 Å². The van der Waals surface area contributed by atoms with Gasteiger partial charge in [-0.3, -0.25) is 37.3 Å². The first kappa shape index (κ1) is 89.1. The van der Waals surface area contributed by atoms with Crippen LogP contribution in [0.1, 0.15) is 357 Å². The molecule has 17 nitrogen and oxygen atoms in total. The third-order valence-electron chi connectivity index (χ3n) is 17.3. The number of carbonyl (C=O) groups excluding carboxylic acids is 4. The van der Waals surface area contributed by atoms with Crippen molar-refractivity contribution in [2.24, 2.45) is 23.7 Å². The summed E-state index contributed by atoms with van der Waals surface area (Å²) in [4.78, 5) is 72.6. The molecule has 0 fully saturated rings. The molecule has 0 amide bonds. The summed E-state index contributed by atoms with van der Waals surface area (Å²) in [7, 11) is -9.91. The normalized spacial score (nSPS) is 14.8. The van der Waals surface area contributed by atoms with Crippen LogP contribution in [-0.4, -0.2) is 96.7 Å². The second-order valence-corrected chi connectivity index (χ2v) is 30.3. The molecule has 0 spiro atoms. The molecule has 0 saturated heterocycles. The van der Waals surface area contributed by atoms with Crippen molar-refractivity contribution in [2.45, 2.75) is 375 Å². The number of unbranched alkanes of at least 4 members (excludes halogenated alkanes) is 33. The van der Waals surface area contributed by atoms with E-state index >= 15 is 0 Å². The Bertz CT molecular complexity index is 1800. The highest BCUT2D eigenvalue weighted by atomic mass is 31.2. The monoisotopic (exact) mass is 1340 g/mol. The molecule has 0 heterocycles. The summed E-state index contributed by atoms with van der Waals surface area (Å²) >= 11 is 0. The molecule has 0 aromatic carbocycles. The summed E-state index contributed by atoms with van der Waals surface area (Å²) in [6.45, 7) is 14.1. The van der Waals surface area contributed by atoms with Crippen LogP contribution in [0, 0.1) is 23.7 Å². The number of aliphatic hydroxyl groups excluding tert-OH is 1. The summed E-state index contributed by atoms with van der Waals surface area (Å²) in [6, 6.07) is 0. The van der Waals surface area contributed by atoms with Crippen LogP contribution >= 0.6 is 15.6 Å². The van der Waals surface area contributed by atoms with Gasteiger partial charge in [-0.2, -0.15) is 0 Å². The summed E-state index contributed by atoms with van der Waals surface area (Å²) < 4.78 is 68.4. The van der Waals surface area contributed by atoms with Gasteiger partial charge in [0.25, 0.3) is 0 Å². The molecule has 0 bridgehead atoms. The molecule has 3 N–H and O–H groups in total. The molecule has 7 atom stereocenters. The summed E-state index contributed by atoms with van der Waals surface area (Å²) in [5.41, 5.74) is 0. The van der Waals surface area contributed by atoms with Crippen LogP contribution in [0.25, 0.3) is 0 Å². The van der Waals surface area contributed by atoms with E-state index in [0.717, 1.165) is 114 Å². The Balaban J connectivity index is 5.27. The van der Waals surface area contributed by atoms with Gasteiger partial charge in [0.1, 0.15) is 19.3 Å². The molecular weight excluding hydrogens is 1200 g/mol. The van der Waals surface area contributed by atoms with Gasteiger partial charge < -0.3 is 33.8 Å². The molecule has 540 valence electrons. The van der Waals surface area contributed by atoms with Gasteiger partial charge in [0, 0.05) is 25.7 Å². The molecule has 91 heavy (non-hydrogen) atoms. The van der Waals surface area contributed by atoms with Gasteiger partial charge in [-0.05, 0) is 49.4 Å². The number of esters is 4. The van der Waals surface area contributed by atoms with E-state index < -0.39 is 97.5 Å². The van der Waals surface area contributed by atoms with Crippen molar-refractivity contribution in [1.29, 1.82) is 0 Å². The molecule has 0 rings (SSSR count). The SMILES string of the molecule is CCC(C)CCCCCCCCCCCCC(=O)O[C@H](COC(=O)CCCCCCCCCCC(C)CC)COP(=O)(O)OCC(O)COP(=O)(O)OC[C@@H](COC(=O)CCCCCCCCCC(C)C)OC(=O)CCCCCCCCCCCCCCC(C)C. The first-order valence-electron chi connectivity index (χ1n) is 37.3. The van der Waals surface area contributed by atoms with E-state index in [1.165, 1.54) is 154 Å². The van der Waals surface area contributed by atoms with Gasteiger partial charge in [-0.15, -0.1) is 0 Å². The Hall–Kier alpha value is -1.94. The van der Waals surface area contributed by atoms with Crippen molar-refractivity contribution in [3.05, 3.63) is 0 Å². The number of rotatable bonds is 69. The van der Waals surface area contributed by atoms with Crippen LogP contribution in [0.2, 0.25) is 0 Å². The van der Waals surface area contributed by atoms with Crippen molar-refractivity contribution in [3.63, 3.8) is 0 Å². The minimum Gasteiger partial charge on any atom is -0.462 e. The Morgan fingerprint density at radius 3 is 0.780 bits per heavy atom. The van der Waals surface area contributed by atoms with E-state index in [0.29, 0.717) is 31.6 Å². The summed E-state index contributed by atoms with van der Waals surface area (Å²) in [6.07, 6.45) is 44.3. The van der Waals surface area contributed by atoms with Crippen molar-refractivity contribution in [1.82, 2.24) is 0 Å². The Labute approximate surface area is 556 Å². The van der Waals surface area contributed by atoms with Gasteiger partial charge in [0.15, 0.2) is 12.2 Å². The van der Waals surface area contributed by atoms with Crippen LogP contribution in [0.3, 0.4) is 0 Å². The number of carbonyl (C=O) groups is 4. The third-order valence-corrected chi connectivity index (χ3v) is 19.2. The van der Waals surface area contributed by atoms with Crippen molar-refractivity contribution in [2.75, 3.05) is 39.6 Å². The maximum atomic E-state index is 13.0. The fourth-order valence-corrected chi connectivity index (χ4v) is 12.4. The molecule has 0 aromatic rings. The van der Waals surface area contributed by atoms with Crippen LogP contribution in [0.4, 0.5) is 0 Å². The number of phosphoric acid groups is 2. The minimum absolute atomic E-state index is 0.105. The van der Waals surface area contributed by atoms with Crippen LogP contribution in [0.5, 0.6) is 0 Å². The zero-order chi connectivity index (χ0) is 67.5. The van der Waals surface area contributed by atoms with Gasteiger partial charge >= 0.3 is 39.5 Å². The first-order valence-corrected chi connectivity index (χ1v) is 40.3. The number of ether oxygens (including phenoxy) is 4. The molecule has 0 radical (unpaired) electrons. The highest BCUT2D eigenvalue weighted by Gasteiger charge is 2.30. The van der Waals surface area contributed by atoms with Gasteiger partial charge in [-0.25, -0.2) is 9.13 Å². The lowest BCUT2D eigenvalue weighted by atomic mass is 9.99. The van der Waals surface area contributed by atoms with E-state index in [1.54, 1.807) is 0 Å². The van der Waals surface area contributed by atoms with Gasteiger partial charge in [0.2, 0.25) is 0 Å². The number of phosphoric ester groups is 2. The van der Waals surface area contributed by atoms with Gasteiger partial charge in [-0.1, -0.05) is 306 Å². The first-order chi connectivity index (χ1) is 43.7. The lowest BCUT2D eigenvalue weighted by Crippen LogP contribution is -2.30. The fourth-order valence-electron chi connectivity index (χ4n) is 10.8. The molecule has 19 heteroatoms. The smallest absolute Gasteiger partial charge is 0.462 e. The summed E-state index contributed by atoms with van der Waals surface area (Å²) in [5.74, 6) is 0.935. The Morgan fingerprint density at radius 1 is 0.308 bits per heavy atom. The van der Waals surface area contributed by atoms with Crippen LogP contribution in [0.15, 0.2) is 0 Å². The average molecular weight is 1340 g/mol.